The van der Waals surface area contributed by atoms with E-state index in [4.69, 9.17) is 0 Å². The summed E-state index contributed by atoms with van der Waals surface area (Å²) < 4.78 is 13.3. The maximum Gasteiger partial charge on any atom is 0.318 e. The van der Waals surface area contributed by atoms with E-state index < -0.39 is 0 Å². The Balaban J connectivity index is 1.73. The van der Waals surface area contributed by atoms with Crippen molar-refractivity contribution >= 4 is 6.03 Å². The third kappa shape index (κ3) is 2.88. The van der Waals surface area contributed by atoms with Crippen LogP contribution in [0.2, 0.25) is 0 Å². The first-order chi connectivity index (χ1) is 10.2. The number of carbonyl (C=O) groups is 1. The summed E-state index contributed by atoms with van der Waals surface area (Å²) in [5.41, 5.74) is 2.02. The number of fused-ring (bicyclic) bond motifs is 1. The van der Waals surface area contributed by atoms with Gasteiger partial charge in [0.05, 0.1) is 18.7 Å². The summed E-state index contributed by atoms with van der Waals surface area (Å²) in [6.45, 7) is 0.708. The lowest BCUT2D eigenvalue weighted by Gasteiger charge is -2.30. The van der Waals surface area contributed by atoms with Crippen LogP contribution in [0.5, 0.6) is 0 Å². The van der Waals surface area contributed by atoms with Gasteiger partial charge in [0.25, 0.3) is 0 Å². The Hall–Kier alpha value is -1.62. The smallest absolute Gasteiger partial charge is 0.318 e. The predicted octanol–water partition coefficient (Wildman–Crippen LogP) is 2.37. The van der Waals surface area contributed by atoms with E-state index in [-0.39, 0.29) is 30.5 Å². The van der Waals surface area contributed by atoms with Gasteiger partial charge in [-0.05, 0) is 55.4 Å². The molecule has 4 nitrogen and oxygen atoms in total. The Morgan fingerprint density at radius 1 is 1.38 bits per heavy atom. The number of aryl methyl sites for hydroxylation is 1. The number of amides is 2. The van der Waals surface area contributed by atoms with E-state index in [0.29, 0.717) is 6.54 Å². The molecule has 1 fully saturated rings. The molecule has 1 aliphatic carbocycles. The van der Waals surface area contributed by atoms with Gasteiger partial charge in [-0.25, -0.2) is 9.18 Å². The second kappa shape index (κ2) is 6.02. The highest BCUT2D eigenvalue weighted by atomic mass is 19.1. The van der Waals surface area contributed by atoms with Gasteiger partial charge in [0.1, 0.15) is 5.82 Å². The van der Waals surface area contributed by atoms with Crippen molar-refractivity contribution in [3.63, 3.8) is 0 Å². The zero-order chi connectivity index (χ0) is 14.8. The molecule has 2 aliphatic rings. The van der Waals surface area contributed by atoms with Crippen LogP contribution >= 0.6 is 0 Å². The fourth-order valence-electron chi connectivity index (χ4n) is 3.46. The largest absolute Gasteiger partial charge is 0.394 e. The topological polar surface area (TPSA) is 52.6 Å². The van der Waals surface area contributed by atoms with Crippen molar-refractivity contribution in [2.45, 2.75) is 44.2 Å². The molecule has 1 aromatic rings. The normalized spacial score (nSPS) is 24.8. The minimum atomic E-state index is -0.222. The Kier molecular flexibility index (Phi) is 4.10. The monoisotopic (exact) mass is 292 g/mol. The SMILES string of the molecule is O=C(N[C@H]1CCCc2cc(F)ccc21)N1CCC[C@@H]1CO. The molecule has 5 heteroatoms. The van der Waals surface area contributed by atoms with Gasteiger partial charge in [-0.3, -0.25) is 0 Å². The summed E-state index contributed by atoms with van der Waals surface area (Å²) in [6.07, 6.45) is 4.48. The maximum absolute atomic E-state index is 13.3. The van der Waals surface area contributed by atoms with Crippen molar-refractivity contribution in [2.75, 3.05) is 13.2 Å². The Morgan fingerprint density at radius 2 is 2.24 bits per heavy atom. The number of hydrogen-bond donors (Lipinski definition) is 2. The van der Waals surface area contributed by atoms with Crippen LogP contribution in [0.3, 0.4) is 0 Å². The zero-order valence-electron chi connectivity index (χ0n) is 12.0. The van der Waals surface area contributed by atoms with Crippen molar-refractivity contribution in [3.05, 3.63) is 35.1 Å². The third-order valence-corrected chi connectivity index (χ3v) is 4.57. The molecule has 1 heterocycles. The first kappa shape index (κ1) is 14.3. The standard InChI is InChI=1S/C16H21FN2O2/c17-12-6-7-14-11(9-12)3-1-5-15(14)18-16(21)19-8-2-4-13(19)10-20/h6-7,9,13,15,20H,1-5,8,10H2,(H,18,21)/t13-,15+/m1/s1. The number of likely N-dealkylation sites (tertiary alicyclic amines) is 1. The summed E-state index contributed by atoms with van der Waals surface area (Å²) in [5.74, 6) is -0.222. The number of nitrogens with zero attached hydrogens (tertiary/aromatic N) is 1. The molecule has 1 aromatic carbocycles. The first-order valence-electron chi connectivity index (χ1n) is 7.65. The van der Waals surface area contributed by atoms with Crippen LogP contribution in [0.25, 0.3) is 0 Å². The van der Waals surface area contributed by atoms with Crippen molar-refractivity contribution in [1.82, 2.24) is 10.2 Å². The lowest BCUT2D eigenvalue weighted by Crippen LogP contribution is -2.45. The number of benzene rings is 1. The van der Waals surface area contributed by atoms with Crippen LogP contribution in [0.15, 0.2) is 18.2 Å². The lowest BCUT2D eigenvalue weighted by molar-refractivity contribution is 0.154. The van der Waals surface area contributed by atoms with Crippen molar-refractivity contribution in [2.24, 2.45) is 0 Å². The molecular weight excluding hydrogens is 271 g/mol. The van der Waals surface area contributed by atoms with Gasteiger partial charge < -0.3 is 15.3 Å². The fraction of sp³-hybridized carbons (Fsp3) is 0.562. The Labute approximate surface area is 124 Å². The van der Waals surface area contributed by atoms with Crippen molar-refractivity contribution < 1.29 is 14.3 Å². The number of aliphatic hydroxyl groups is 1. The number of aliphatic hydroxyl groups excluding tert-OH is 1. The maximum atomic E-state index is 13.3. The van der Waals surface area contributed by atoms with Gasteiger partial charge in [0.2, 0.25) is 0 Å². The number of urea groups is 1. The molecule has 2 atom stereocenters. The van der Waals surface area contributed by atoms with Crippen LogP contribution in [0, 0.1) is 5.82 Å². The number of hydrogen-bond acceptors (Lipinski definition) is 2. The van der Waals surface area contributed by atoms with Crippen LogP contribution in [0.1, 0.15) is 42.9 Å². The van der Waals surface area contributed by atoms with Gasteiger partial charge >= 0.3 is 6.03 Å². The van der Waals surface area contributed by atoms with E-state index in [1.807, 2.05) is 0 Å². The molecule has 3 rings (SSSR count). The molecular formula is C16H21FN2O2. The summed E-state index contributed by atoms with van der Waals surface area (Å²) in [4.78, 5) is 14.1. The van der Waals surface area contributed by atoms with E-state index >= 15 is 0 Å². The summed E-state index contributed by atoms with van der Waals surface area (Å²) >= 11 is 0. The van der Waals surface area contributed by atoms with Gasteiger partial charge in [0.15, 0.2) is 0 Å². The summed E-state index contributed by atoms with van der Waals surface area (Å²) in [6, 6.07) is 4.56. The summed E-state index contributed by atoms with van der Waals surface area (Å²) in [7, 11) is 0. The van der Waals surface area contributed by atoms with Gasteiger partial charge in [-0.15, -0.1) is 0 Å². The zero-order valence-corrected chi connectivity index (χ0v) is 12.0. The molecule has 0 aromatic heterocycles. The number of carbonyl (C=O) groups excluding carboxylic acids is 1. The molecule has 21 heavy (non-hydrogen) atoms. The molecule has 0 saturated carbocycles. The predicted molar refractivity (Wildman–Crippen MR) is 77.4 cm³/mol. The van der Waals surface area contributed by atoms with Crippen LogP contribution in [-0.2, 0) is 6.42 Å². The Bertz CT molecular complexity index is 535. The van der Waals surface area contributed by atoms with Crippen molar-refractivity contribution in [1.29, 1.82) is 0 Å². The van der Waals surface area contributed by atoms with Gasteiger partial charge in [-0.1, -0.05) is 6.07 Å². The molecule has 1 saturated heterocycles. The van der Waals surface area contributed by atoms with E-state index in [9.17, 15) is 14.3 Å². The molecule has 0 bridgehead atoms. The van der Waals surface area contributed by atoms with Crippen molar-refractivity contribution in [3.8, 4) is 0 Å². The first-order valence-corrected chi connectivity index (χ1v) is 7.65. The van der Waals surface area contributed by atoms with Crippen LogP contribution in [0.4, 0.5) is 9.18 Å². The molecule has 0 unspecified atom stereocenters. The molecule has 2 N–H and O–H groups in total. The highest BCUT2D eigenvalue weighted by Gasteiger charge is 2.30. The molecule has 2 amide bonds. The van der Waals surface area contributed by atoms with E-state index in [0.717, 1.165) is 43.2 Å². The van der Waals surface area contributed by atoms with E-state index in [1.165, 1.54) is 6.07 Å². The molecule has 0 spiro atoms. The highest BCUT2D eigenvalue weighted by Crippen LogP contribution is 2.30. The minimum Gasteiger partial charge on any atom is -0.394 e. The quantitative estimate of drug-likeness (QED) is 0.879. The third-order valence-electron chi connectivity index (χ3n) is 4.57. The molecule has 114 valence electrons. The average Bonchev–Trinajstić information content (AvgIpc) is 2.95. The number of nitrogens with one attached hydrogen (secondary N) is 1. The average molecular weight is 292 g/mol. The summed E-state index contributed by atoms with van der Waals surface area (Å²) in [5, 5.41) is 12.4. The van der Waals surface area contributed by atoms with Crippen LogP contribution < -0.4 is 5.32 Å². The highest BCUT2D eigenvalue weighted by molar-refractivity contribution is 5.75. The minimum absolute atomic E-state index is 0.0138. The molecule has 0 radical (unpaired) electrons. The molecule has 1 aliphatic heterocycles. The van der Waals surface area contributed by atoms with E-state index in [1.54, 1.807) is 17.0 Å². The number of rotatable bonds is 2. The van der Waals surface area contributed by atoms with Gasteiger partial charge in [-0.2, -0.15) is 0 Å². The van der Waals surface area contributed by atoms with E-state index in [2.05, 4.69) is 5.32 Å². The fourth-order valence-corrected chi connectivity index (χ4v) is 3.46. The van der Waals surface area contributed by atoms with Crippen LogP contribution in [-0.4, -0.2) is 35.2 Å². The Morgan fingerprint density at radius 3 is 3.05 bits per heavy atom. The lowest BCUT2D eigenvalue weighted by atomic mass is 9.87. The second-order valence-corrected chi connectivity index (χ2v) is 5.91. The van der Waals surface area contributed by atoms with Gasteiger partial charge in [0, 0.05) is 6.54 Å². The number of halogens is 1. The second-order valence-electron chi connectivity index (χ2n) is 5.91.